The second-order valence-corrected chi connectivity index (χ2v) is 5.37. The van der Waals surface area contributed by atoms with Gasteiger partial charge in [-0.15, -0.1) is 11.3 Å². The molecule has 1 aliphatic rings. The highest BCUT2D eigenvalue weighted by Crippen LogP contribution is 2.33. The number of thiazole rings is 1. The highest BCUT2D eigenvalue weighted by molar-refractivity contribution is 7.13. The van der Waals surface area contributed by atoms with Gasteiger partial charge in [0.15, 0.2) is 5.13 Å². The smallest absolute Gasteiger partial charge is 0.180 e. The molecule has 2 N–H and O–H groups in total. The number of hydrogen-bond acceptors (Lipinski definition) is 4. The van der Waals surface area contributed by atoms with Gasteiger partial charge in [0.1, 0.15) is 0 Å². The molecular formula is C11H18N2OS. The first-order valence-corrected chi connectivity index (χ1v) is 6.37. The van der Waals surface area contributed by atoms with E-state index >= 15 is 0 Å². The van der Waals surface area contributed by atoms with E-state index in [9.17, 15) is 0 Å². The predicted molar refractivity (Wildman–Crippen MR) is 63.1 cm³/mol. The summed E-state index contributed by atoms with van der Waals surface area (Å²) in [6.45, 7) is 5.27. The third-order valence-corrected chi connectivity index (χ3v) is 3.71. The molecule has 0 unspecified atom stereocenters. The van der Waals surface area contributed by atoms with Crippen LogP contribution in [0.3, 0.4) is 0 Å². The topological polar surface area (TPSA) is 48.1 Å². The van der Waals surface area contributed by atoms with E-state index < -0.39 is 0 Å². The Hall–Kier alpha value is -0.610. The van der Waals surface area contributed by atoms with E-state index in [0.717, 1.165) is 25.1 Å². The van der Waals surface area contributed by atoms with Gasteiger partial charge >= 0.3 is 0 Å². The third kappa shape index (κ3) is 2.49. The van der Waals surface area contributed by atoms with Crippen molar-refractivity contribution >= 4 is 16.5 Å². The molecule has 2 rings (SSSR count). The third-order valence-electron chi connectivity index (χ3n) is 3.02. The molecule has 4 heteroatoms. The van der Waals surface area contributed by atoms with Crippen LogP contribution in [0.2, 0.25) is 0 Å². The minimum Gasteiger partial charge on any atom is -0.378 e. The molecule has 84 valence electrons. The summed E-state index contributed by atoms with van der Waals surface area (Å²) in [5.74, 6) is 1.13. The van der Waals surface area contributed by atoms with E-state index in [-0.39, 0.29) is 0 Å². The van der Waals surface area contributed by atoms with Crippen LogP contribution in [0.25, 0.3) is 0 Å². The minimum absolute atomic E-state index is 0.381. The molecule has 2 heterocycles. The van der Waals surface area contributed by atoms with Crippen LogP contribution in [0.4, 0.5) is 5.13 Å². The van der Waals surface area contributed by atoms with Gasteiger partial charge in [0.2, 0.25) is 0 Å². The van der Waals surface area contributed by atoms with Crippen LogP contribution in [0.15, 0.2) is 5.38 Å². The summed E-state index contributed by atoms with van der Waals surface area (Å²) in [7, 11) is 0. The predicted octanol–water partition coefficient (Wildman–Crippen LogP) is 2.64. The maximum absolute atomic E-state index is 5.74. The molecule has 0 spiro atoms. The van der Waals surface area contributed by atoms with Crippen molar-refractivity contribution < 1.29 is 4.74 Å². The van der Waals surface area contributed by atoms with Crippen LogP contribution in [0, 0.1) is 5.92 Å². The van der Waals surface area contributed by atoms with Gasteiger partial charge in [-0.05, 0) is 18.8 Å². The quantitative estimate of drug-likeness (QED) is 0.843. The van der Waals surface area contributed by atoms with Crippen LogP contribution in [0.1, 0.15) is 38.3 Å². The highest BCUT2D eigenvalue weighted by Gasteiger charge is 2.27. The molecule has 1 aromatic heterocycles. The Labute approximate surface area is 94.7 Å². The number of ether oxygens (including phenoxy) is 1. The number of nitrogens with two attached hydrogens (primary N) is 1. The second-order valence-electron chi connectivity index (χ2n) is 4.49. The molecule has 0 amide bonds. The fourth-order valence-electron chi connectivity index (χ4n) is 2.05. The zero-order valence-electron chi connectivity index (χ0n) is 9.27. The Morgan fingerprint density at radius 1 is 1.60 bits per heavy atom. The van der Waals surface area contributed by atoms with E-state index in [2.05, 4.69) is 24.2 Å². The summed E-state index contributed by atoms with van der Waals surface area (Å²) < 4.78 is 5.74. The molecule has 1 fully saturated rings. The Balaban J connectivity index is 2.04. The first-order chi connectivity index (χ1) is 7.16. The lowest BCUT2D eigenvalue weighted by Crippen LogP contribution is -2.28. The molecule has 1 saturated heterocycles. The summed E-state index contributed by atoms with van der Waals surface area (Å²) in [6.07, 6.45) is 2.54. The number of nitrogens with zero attached hydrogens (tertiary/aromatic N) is 1. The first kappa shape index (κ1) is 10.9. The molecule has 15 heavy (non-hydrogen) atoms. The van der Waals surface area contributed by atoms with Gasteiger partial charge in [-0.25, -0.2) is 4.98 Å². The van der Waals surface area contributed by atoms with Crippen molar-refractivity contribution in [1.82, 2.24) is 4.98 Å². The molecule has 2 atom stereocenters. The van der Waals surface area contributed by atoms with Crippen molar-refractivity contribution in [2.75, 3.05) is 12.3 Å². The monoisotopic (exact) mass is 226 g/mol. The summed E-state index contributed by atoms with van der Waals surface area (Å²) in [5.41, 5.74) is 6.81. The summed E-state index contributed by atoms with van der Waals surface area (Å²) in [4.78, 5) is 4.37. The molecule has 0 bridgehead atoms. The van der Waals surface area contributed by atoms with Gasteiger partial charge in [0.05, 0.1) is 11.8 Å². The van der Waals surface area contributed by atoms with Crippen molar-refractivity contribution in [2.45, 2.75) is 38.7 Å². The Morgan fingerprint density at radius 3 is 3.00 bits per heavy atom. The fourth-order valence-corrected chi connectivity index (χ4v) is 2.69. The molecule has 3 nitrogen and oxygen atoms in total. The Bertz CT molecular complexity index is 324. The largest absolute Gasteiger partial charge is 0.378 e. The fraction of sp³-hybridized carbons (Fsp3) is 0.727. The maximum Gasteiger partial charge on any atom is 0.180 e. The molecule has 0 saturated carbocycles. The number of nitrogen functional groups attached to an aromatic ring is 1. The molecule has 1 aromatic rings. The van der Waals surface area contributed by atoms with Crippen molar-refractivity contribution in [3.63, 3.8) is 0 Å². The average Bonchev–Trinajstić information content (AvgIpc) is 2.65. The molecule has 0 aromatic carbocycles. The normalized spacial score (nSPS) is 27.1. The van der Waals surface area contributed by atoms with E-state index in [1.54, 1.807) is 0 Å². The van der Waals surface area contributed by atoms with E-state index in [0.29, 0.717) is 23.1 Å². The summed E-state index contributed by atoms with van der Waals surface area (Å²) in [5, 5.41) is 2.76. The Morgan fingerprint density at radius 2 is 2.40 bits per heavy atom. The summed E-state index contributed by atoms with van der Waals surface area (Å²) in [6, 6.07) is 0. The minimum atomic E-state index is 0.381. The lowest BCUT2D eigenvalue weighted by molar-refractivity contribution is -0.0206. The van der Waals surface area contributed by atoms with Crippen LogP contribution in [-0.2, 0) is 4.74 Å². The zero-order valence-corrected chi connectivity index (χ0v) is 10.1. The molecule has 0 aliphatic carbocycles. The first-order valence-electron chi connectivity index (χ1n) is 5.49. The van der Waals surface area contributed by atoms with Crippen molar-refractivity contribution in [3.05, 3.63) is 11.1 Å². The molecule has 1 aliphatic heterocycles. The number of rotatable bonds is 2. The van der Waals surface area contributed by atoms with Gasteiger partial charge in [0.25, 0.3) is 0 Å². The lowest BCUT2D eigenvalue weighted by atomic mass is 9.88. The van der Waals surface area contributed by atoms with Crippen LogP contribution in [-0.4, -0.2) is 17.7 Å². The molecule has 0 radical (unpaired) electrons. The van der Waals surface area contributed by atoms with Crippen LogP contribution < -0.4 is 5.73 Å². The van der Waals surface area contributed by atoms with Gasteiger partial charge in [-0.1, -0.05) is 13.8 Å². The number of anilines is 1. The van der Waals surface area contributed by atoms with Gasteiger partial charge < -0.3 is 10.5 Å². The highest BCUT2D eigenvalue weighted by atomic mass is 32.1. The van der Waals surface area contributed by atoms with Gasteiger partial charge in [-0.2, -0.15) is 0 Å². The molecular weight excluding hydrogens is 208 g/mol. The van der Waals surface area contributed by atoms with Gasteiger partial charge in [-0.3, -0.25) is 0 Å². The number of hydrogen-bond donors (Lipinski definition) is 1. The van der Waals surface area contributed by atoms with Crippen molar-refractivity contribution in [2.24, 2.45) is 5.92 Å². The second kappa shape index (κ2) is 4.49. The van der Waals surface area contributed by atoms with E-state index in [1.165, 1.54) is 11.3 Å². The SMILES string of the molecule is CC(C)[C@H]1C[C@@H](c2csc(N)n2)CCO1. The van der Waals surface area contributed by atoms with Gasteiger partial charge in [0, 0.05) is 17.9 Å². The Kier molecular flexibility index (Phi) is 3.26. The lowest BCUT2D eigenvalue weighted by Gasteiger charge is -2.31. The van der Waals surface area contributed by atoms with E-state index in [4.69, 9.17) is 10.5 Å². The van der Waals surface area contributed by atoms with Crippen LogP contribution >= 0.6 is 11.3 Å². The zero-order chi connectivity index (χ0) is 10.8. The van der Waals surface area contributed by atoms with Crippen molar-refractivity contribution in [3.8, 4) is 0 Å². The summed E-state index contributed by atoms with van der Waals surface area (Å²) >= 11 is 1.53. The number of aromatic nitrogens is 1. The average molecular weight is 226 g/mol. The standard InChI is InChI=1S/C11H18N2OS/c1-7(2)10-5-8(3-4-14-10)9-6-15-11(12)13-9/h6-8,10H,3-5H2,1-2H3,(H2,12,13)/t8-,10+/m0/s1. The van der Waals surface area contributed by atoms with Crippen LogP contribution in [0.5, 0.6) is 0 Å². The van der Waals surface area contributed by atoms with Crippen molar-refractivity contribution in [1.29, 1.82) is 0 Å². The van der Waals surface area contributed by atoms with E-state index in [1.807, 2.05) is 0 Å². The maximum atomic E-state index is 5.74.